The fourth-order valence-electron chi connectivity index (χ4n) is 2.05. The minimum atomic E-state index is -0.343. The van der Waals surface area contributed by atoms with Gasteiger partial charge in [0.05, 0.1) is 0 Å². The zero-order valence-electron chi connectivity index (χ0n) is 11.7. The first-order valence-electron chi connectivity index (χ1n) is 6.85. The number of halogens is 1. The molecule has 2 aromatic carbocycles. The van der Waals surface area contributed by atoms with Gasteiger partial charge in [-0.2, -0.15) is 0 Å². The topological polar surface area (TPSA) is 47.6 Å². The molecule has 0 saturated heterocycles. The highest BCUT2D eigenvalue weighted by atomic mass is 19.1. The van der Waals surface area contributed by atoms with Gasteiger partial charge in [0.2, 0.25) is 5.91 Å². The Kier molecular flexibility index (Phi) is 4.05. The number of carbonyl (C=O) groups excluding carboxylic acids is 1. The first-order valence-corrected chi connectivity index (χ1v) is 6.85. The molecule has 4 nitrogen and oxygen atoms in total. The highest BCUT2D eigenvalue weighted by molar-refractivity contribution is 6.01. The van der Waals surface area contributed by atoms with Crippen LogP contribution >= 0.6 is 0 Å². The number of ether oxygens (including phenoxy) is 2. The van der Waals surface area contributed by atoms with Gasteiger partial charge in [-0.15, -0.1) is 0 Å². The van der Waals surface area contributed by atoms with E-state index in [-0.39, 0.29) is 11.7 Å². The number of carbonyl (C=O) groups is 1. The maximum atomic E-state index is 12.8. The summed E-state index contributed by atoms with van der Waals surface area (Å²) in [4.78, 5) is 11.8. The summed E-state index contributed by atoms with van der Waals surface area (Å²) in [5, 5.41) is 2.65. The van der Waals surface area contributed by atoms with Gasteiger partial charge in [-0.25, -0.2) is 4.39 Å². The number of benzene rings is 2. The maximum absolute atomic E-state index is 12.8. The normalized spacial score (nSPS) is 13.1. The van der Waals surface area contributed by atoms with Gasteiger partial charge in [-0.05, 0) is 48.0 Å². The Morgan fingerprint density at radius 3 is 2.55 bits per heavy atom. The van der Waals surface area contributed by atoms with E-state index in [4.69, 9.17) is 9.47 Å². The quantitative estimate of drug-likeness (QED) is 0.885. The predicted octanol–water partition coefficient (Wildman–Crippen LogP) is 3.25. The minimum absolute atomic E-state index is 0.290. The van der Waals surface area contributed by atoms with Gasteiger partial charge < -0.3 is 14.8 Å². The highest BCUT2D eigenvalue weighted by Crippen LogP contribution is 2.31. The molecule has 1 aliphatic rings. The Morgan fingerprint density at radius 2 is 1.77 bits per heavy atom. The second-order valence-corrected chi connectivity index (χ2v) is 4.73. The van der Waals surface area contributed by atoms with E-state index in [9.17, 15) is 9.18 Å². The summed E-state index contributed by atoms with van der Waals surface area (Å²) in [6.45, 7) is 1.06. The van der Waals surface area contributed by atoms with Crippen LogP contribution in [0.3, 0.4) is 0 Å². The number of nitrogens with one attached hydrogen (secondary N) is 1. The van der Waals surface area contributed by atoms with Gasteiger partial charge >= 0.3 is 0 Å². The summed E-state index contributed by atoms with van der Waals surface area (Å²) < 4.78 is 23.7. The Balaban J connectivity index is 1.65. The van der Waals surface area contributed by atoms with E-state index in [1.54, 1.807) is 6.08 Å². The van der Waals surface area contributed by atoms with Gasteiger partial charge in [-0.1, -0.05) is 6.07 Å². The lowest BCUT2D eigenvalue weighted by Gasteiger charge is -2.18. The van der Waals surface area contributed by atoms with Gasteiger partial charge in [0.1, 0.15) is 19.0 Å². The molecule has 0 aliphatic carbocycles. The Morgan fingerprint density at radius 1 is 1.05 bits per heavy atom. The minimum Gasteiger partial charge on any atom is -0.486 e. The predicted molar refractivity (Wildman–Crippen MR) is 81.5 cm³/mol. The molecule has 0 aromatic heterocycles. The monoisotopic (exact) mass is 299 g/mol. The summed E-state index contributed by atoms with van der Waals surface area (Å²) in [6.07, 6.45) is 3.09. The molecule has 0 bridgehead atoms. The van der Waals surface area contributed by atoms with E-state index in [1.807, 2.05) is 18.2 Å². The summed E-state index contributed by atoms with van der Waals surface area (Å²) in [5.41, 5.74) is 1.37. The van der Waals surface area contributed by atoms with Crippen LogP contribution in [0, 0.1) is 5.82 Å². The number of fused-ring (bicyclic) bond motifs is 1. The molecular weight excluding hydrogens is 285 g/mol. The standard InChI is InChI=1S/C17H14FNO3/c18-13-3-5-14(6-4-13)19-17(20)8-2-12-1-7-15-16(11-12)22-10-9-21-15/h1-8,11H,9-10H2,(H,19,20)/b8-2+. The third kappa shape index (κ3) is 3.44. The number of amides is 1. The molecule has 0 radical (unpaired) electrons. The van der Waals surface area contributed by atoms with Crippen molar-refractivity contribution in [3.8, 4) is 11.5 Å². The van der Waals surface area contributed by atoms with Crippen LogP contribution in [0.1, 0.15) is 5.56 Å². The second kappa shape index (κ2) is 6.30. The van der Waals surface area contributed by atoms with Crippen LogP contribution in [-0.2, 0) is 4.79 Å². The van der Waals surface area contributed by atoms with Crippen LogP contribution in [0.2, 0.25) is 0 Å². The Bertz CT molecular complexity index is 710. The average Bonchev–Trinajstić information content (AvgIpc) is 2.55. The smallest absolute Gasteiger partial charge is 0.248 e. The van der Waals surface area contributed by atoms with Crippen LogP contribution in [0.25, 0.3) is 6.08 Å². The molecule has 0 atom stereocenters. The van der Waals surface area contributed by atoms with E-state index < -0.39 is 0 Å². The number of rotatable bonds is 3. The van der Waals surface area contributed by atoms with Gasteiger partial charge in [0.25, 0.3) is 0 Å². The summed E-state index contributed by atoms with van der Waals surface area (Å²) >= 11 is 0. The first-order chi connectivity index (χ1) is 10.7. The molecule has 2 aromatic rings. The van der Waals surface area contributed by atoms with Crippen molar-refractivity contribution in [3.05, 3.63) is 59.9 Å². The lowest BCUT2D eigenvalue weighted by molar-refractivity contribution is -0.111. The lowest BCUT2D eigenvalue weighted by Crippen LogP contribution is -2.15. The third-order valence-corrected chi connectivity index (χ3v) is 3.11. The molecule has 3 rings (SSSR count). The molecule has 112 valence electrons. The van der Waals surface area contributed by atoms with Crippen LogP contribution in [0.4, 0.5) is 10.1 Å². The first kappa shape index (κ1) is 14.1. The van der Waals surface area contributed by atoms with Crippen molar-refractivity contribution in [1.82, 2.24) is 0 Å². The Hall–Kier alpha value is -2.82. The van der Waals surface area contributed by atoms with E-state index in [2.05, 4.69) is 5.32 Å². The number of hydrogen-bond acceptors (Lipinski definition) is 3. The molecule has 0 fully saturated rings. The lowest BCUT2D eigenvalue weighted by atomic mass is 10.2. The van der Waals surface area contributed by atoms with Crippen molar-refractivity contribution in [3.63, 3.8) is 0 Å². The number of anilines is 1. The molecule has 1 heterocycles. The van der Waals surface area contributed by atoms with Crippen molar-refractivity contribution in [2.24, 2.45) is 0 Å². The average molecular weight is 299 g/mol. The molecule has 1 amide bonds. The van der Waals surface area contributed by atoms with E-state index >= 15 is 0 Å². The molecule has 0 unspecified atom stereocenters. The number of hydrogen-bond donors (Lipinski definition) is 1. The van der Waals surface area contributed by atoms with Gasteiger partial charge in [0.15, 0.2) is 11.5 Å². The third-order valence-electron chi connectivity index (χ3n) is 3.11. The zero-order valence-corrected chi connectivity index (χ0v) is 11.7. The van der Waals surface area contributed by atoms with Gasteiger partial charge in [-0.3, -0.25) is 4.79 Å². The van der Waals surface area contributed by atoms with Crippen molar-refractivity contribution < 1.29 is 18.7 Å². The summed E-state index contributed by atoms with van der Waals surface area (Å²) in [5.74, 6) is 0.748. The fraction of sp³-hybridized carbons (Fsp3) is 0.118. The molecule has 0 saturated carbocycles. The largest absolute Gasteiger partial charge is 0.486 e. The van der Waals surface area contributed by atoms with Crippen LogP contribution < -0.4 is 14.8 Å². The second-order valence-electron chi connectivity index (χ2n) is 4.73. The van der Waals surface area contributed by atoms with E-state index in [0.717, 1.165) is 5.56 Å². The Labute approximate surface area is 127 Å². The molecule has 22 heavy (non-hydrogen) atoms. The fourth-order valence-corrected chi connectivity index (χ4v) is 2.05. The van der Waals surface area contributed by atoms with Crippen molar-refractivity contribution in [1.29, 1.82) is 0 Å². The molecule has 1 aliphatic heterocycles. The van der Waals surface area contributed by atoms with Crippen molar-refractivity contribution in [2.75, 3.05) is 18.5 Å². The summed E-state index contributed by atoms with van der Waals surface area (Å²) in [7, 11) is 0. The van der Waals surface area contributed by atoms with Crippen molar-refractivity contribution >= 4 is 17.7 Å². The van der Waals surface area contributed by atoms with Crippen LogP contribution in [0.5, 0.6) is 11.5 Å². The molecular formula is C17H14FNO3. The van der Waals surface area contributed by atoms with Crippen LogP contribution in [0.15, 0.2) is 48.5 Å². The zero-order chi connectivity index (χ0) is 15.4. The van der Waals surface area contributed by atoms with Gasteiger partial charge in [0, 0.05) is 11.8 Å². The SMILES string of the molecule is O=C(/C=C/c1ccc2c(c1)OCCO2)Nc1ccc(F)cc1. The molecule has 1 N–H and O–H groups in total. The van der Waals surface area contributed by atoms with E-state index in [1.165, 1.54) is 30.3 Å². The molecule has 0 spiro atoms. The highest BCUT2D eigenvalue weighted by Gasteiger charge is 2.10. The van der Waals surface area contributed by atoms with Crippen molar-refractivity contribution in [2.45, 2.75) is 0 Å². The maximum Gasteiger partial charge on any atom is 0.248 e. The van der Waals surface area contributed by atoms with Crippen LogP contribution in [-0.4, -0.2) is 19.1 Å². The van der Waals surface area contributed by atoms with E-state index in [0.29, 0.717) is 30.4 Å². The summed E-state index contributed by atoms with van der Waals surface area (Å²) in [6, 6.07) is 11.1. The molecule has 5 heteroatoms.